The first-order valence-electron chi connectivity index (χ1n) is 24.6. The van der Waals surface area contributed by atoms with Crippen LogP contribution in [-0.2, 0) is 5.41 Å². The van der Waals surface area contributed by atoms with Gasteiger partial charge in [0.05, 0.1) is 0 Å². The van der Waals surface area contributed by atoms with E-state index in [-0.39, 0.29) is 28.4 Å². The first-order valence-corrected chi connectivity index (χ1v) is 25.1. The quantitative estimate of drug-likeness (QED) is 0.209. The molecule has 10 rings (SSSR count). The highest BCUT2D eigenvalue weighted by Gasteiger charge is 2.43. The molecule has 6 heteroatoms. The zero-order valence-electron chi connectivity index (χ0n) is 40.1. The van der Waals surface area contributed by atoms with Crippen LogP contribution in [0.2, 0.25) is 0 Å². The van der Waals surface area contributed by atoms with Gasteiger partial charge in [-0.2, -0.15) is 12.6 Å². The summed E-state index contributed by atoms with van der Waals surface area (Å²) in [4.78, 5) is 19.1. The zero-order chi connectivity index (χ0) is 45.2. The number of aliphatic imine (C=N–C) groups is 1. The van der Waals surface area contributed by atoms with Crippen LogP contribution < -0.4 is 4.90 Å². The number of fused-ring (bicyclic) bond motifs is 11. The van der Waals surface area contributed by atoms with Crippen molar-refractivity contribution in [3.8, 4) is 11.1 Å². The molecule has 4 heterocycles. The van der Waals surface area contributed by atoms with Crippen molar-refractivity contribution in [2.24, 2.45) is 16.3 Å². The molecule has 0 saturated carbocycles. The number of amidine groups is 1. The Kier molecular flexibility index (Phi) is 11.8. The highest BCUT2D eigenvalue weighted by molar-refractivity contribution is 7.81. The Morgan fingerprint density at radius 1 is 0.862 bits per heavy atom. The molecular formula is C59H69N5S. The van der Waals surface area contributed by atoms with Crippen LogP contribution in [0.15, 0.2) is 148 Å². The molecule has 0 spiro atoms. The summed E-state index contributed by atoms with van der Waals surface area (Å²) in [6.07, 6.45) is 35.2. The number of thiol groups is 1. The maximum Gasteiger partial charge on any atom is 0.139 e. The number of pyridine rings is 1. The molecule has 0 N–H and O–H groups in total. The van der Waals surface area contributed by atoms with Crippen LogP contribution in [0.25, 0.3) is 16.7 Å². The van der Waals surface area contributed by atoms with Crippen molar-refractivity contribution < 1.29 is 0 Å². The van der Waals surface area contributed by atoms with Crippen molar-refractivity contribution in [3.63, 3.8) is 0 Å². The third-order valence-corrected chi connectivity index (χ3v) is 16.0. The molecule has 4 bridgehead atoms. The molecule has 0 amide bonds. The van der Waals surface area contributed by atoms with Crippen LogP contribution in [0.1, 0.15) is 145 Å². The maximum absolute atomic E-state index is 5.77. The molecule has 0 saturated heterocycles. The first-order chi connectivity index (χ1) is 31.3. The van der Waals surface area contributed by atoms with Crippen LogP contribution in [0.5, 0.6) is 0 Å². The Balaban J connectivity index is 1.26. The van der Waals surface area contributed by atoms with Gasteiger partial charge >= 0.3 is 0 Å². The van der Waals surface area contributed by atoms with Crippen LogP contribution in [-0.4, -0.2) is 46.5 Å². The highest BCUT2D eigenvalue weighted by Crippen LogP contribution is 2.51. The molecule has 336 valence electrons. The van der Waals surface area contributed by atoms with Gasteiger partial charge in [-0.3, -0.25) is 4.90 Å². The van der Waals surface area contributed by atoms with Gasteiger partial charge in [-0.15, -0.1) is 0 Å². The second-order valence-electron chi connectivity index (χ2n) is 21.3. The van der Waals surface area contributed by atoms with Crippen molar-refractivity contribution in [3.05, 3.63) is 171 Å². The second kappa shape index (κ2) is 17.4. The SMILES string of the molecule is CC1CC2=C(C=C1C(C)(C)C)C(S)/C=C1\CCN2c2ncc(-c3cc(C4=CCCCC4)cc(C4C=CC=CC4)c3)cc2[C@@H]2N(C)C(C3=CCCC=C3)=NC(c3ccccc3C1(C)C)N2C. The van der Waals surface area contributed by atoms with E-state index in [9.17, 15) is 0 Å². The zero-order valence-corrected chi connectivity index (χ0v) is 41.0. The van der Waals surface area contributed by atoms with E-state index in [1.807, 2.05) is 0 Å². The lowest BCUT2D eigenvalue weighted by atomic mass is 9.71. The third-order valence-electron chi connectivity index (χ3n) is 15.6. The number of hydrogen-bond donors (Lipinski definition) is 1. The van der Waals surface area contributed by atoms with E-state index in [0.717, 1.165) is 68.7 Å². The molecule has 3 aliphatic heterocycles. The minimum absolute atomic E-state index is 0.0422. The van der Waals surface area contributed by atoms with Gasteiger partial charge in [0.2, 0.25) is 0 Å². The lowest BCUT2D eigenvalue weighted by Crippen LogP contribution is -2.48. The summed E-state index contributed by atoms with van der Waals surface area (Å²) in [5, 5.41) is -0.0665. The van der Waals surface area contributed by atoms with Crippen molar-refractivity contribution in [2.45, 2.75) is 128 Å². The van der Waals surface area contributed by atoms with E-state index in [4.69, 9.17) is 22.6 Å². The average Bonchev–Trinajstić information content (AvgIpc) is 3.31. The lowest BCUT2D eigenvalue weighted by molar-refractivity contribution is 0.0736. The Bertz CT molecular complexity index is 2670. The number of anilines is 1. The minimum atomic E-state index is -0.279. The predicted molar refractivity (Wildman–Crippen MR) is 277 cm³/mol. The summed E-state index contributed by atoms with van der Waals surface area (Å²) in [6, 6.07) is 19.1. The van der Waals surface area contributed by atoms with Gasteiger partial charge < -0.3 is 9.80 Å². The van der Waals surface area contributed by atoms with Crippen LogP contribution >= 0.6 is 12.6 Å². The van der Waals surface area contributed by atoms with E-state index in [1.165, 1.54) is 79.8 Å². The van der Waals surface area contributed by atoms with Gasteiger partial charge in [-0.25, -0.2) is 9.98 Å². The standard InChI is InChI=1S/C59H69N5S/c1-38-30-52-48(36-51(38)58(2,3)4)53(65)35-46-28-29-64(52)55-49(34-45(37-60-55)44-32-42(39-20-12-9-13-21-39)31-43(33-44)40-22-14-10-15-23-40)57-62(7)54(41-24-16-11-17-25-41)61-56(63(57)8)47-26-18-19-27-50(47)59(46,5)6/h9,12-13,16,18-20,22,24-27,31-39,53,56-57,65H,10-11,14-15,17,21,23,28-30H2,1-8H3/b46-35+/t38?,39?,53?,56?,57-/m1/s1. The molecular weight excluding hydrogens is 811 g/mol. The molecule has 3 aromatic rings. The van der Waals surface area contributed by atoms with E-state index in [1.54, 1.807) is 0 Å². The number of likely N-dealkylation sites (N-methyl/N-ethyl adjacent to an activating group) is 1. The monoisotopic (exact) mass is 880 g/mol. The summed E-state index contributed by atoms with van der Waals surface area (Å²) in [5.74, 6) is 2.81. The van der Waals surface area contributed by atoms with Crippen molar-refractivity contribution in [1.82, 2.24) is 14.8 Å². The second-order valence-corrected chi connectivity index (χ2v) is 21.9. The largest absolute Gasteiger partial charge is 0.339 e. The minimum Gasteiger partial charge on any atom is -0.339 e. The summed E-state index contributed by atoms with van der Waals surface area (Å²) in [5.41, 5.74) is 16.9. The molecule has 4 aliphatic carbocycles. The number of benzene rings is 2. The number of rotatable bonds is 4. The fraction of sp³-hybridized carbons (Fsp3) is 0.424. The van der Waals surface area contributed by atoms with Gasteiger partial charge in [-0.05, 0) is 127 Å². The van der Waals surface area contributed by atoms with Gasteiger partial charge in [0.15, 0.2) is 0 Å². The third kappa shape index (κ3) is 8.11. The maximum atomic E-state index is 5.77. The van der Waals surface area contributed by atoms with Gasteiger partial charge in [0.25, 0.3) is 0 Å². The fourth-order valence-electron chi connectivity index (χ4n) is 12.1. The topological polar surface area (TPSA) is 35.0 Å². The summed E-state index contributed by atoms with van der Waals surface area (Å²) in [7, 11) is 4.56. The molecule has 7 aliphatic rings. The molecule has 65 heavy (non-hydrogen) atoms. The fourth-order valence-corrected chi connectivity index (χ4v) is 12.5. The lowest BCUT2D eigenvalue weighted by Gasteiger charge is -2.48. The molecule has 0 fully saturated rings. The van der Waals surface area contributed by atoms with Crippen molar-refractivity contribution in [1.29, 1.82) is 0 Å². The average molecular weight is 880 g/mol. The molecule has 4 unspecified atom stereocenters. The smallest absolute Gasteiger partial charge is 0.139 e. The highest BCUT2D eigenvalue weighted by atomic mass is 32.1. The molecule has 0 radical (unpaired) electrons. The Morgan fingerprint density at radius 3 is 2.45 bits per heavy atom. The van der Waals surface area contributed by atoms with Crippen molar-refractivity contribution in [2.75, 3.05) is 25.5 Å². The molecule has 2 aromatic carbocycles. The molecule has 1 aromatic heterocycles. The van der Waals surface area contributed by atoms with Crippen LogP contribution in [0.3, 0.4) is 0 Å². The van der Waals surface area contributed by atoms with Gasteiger partial charge in [0.1, 0.15) is 24.0 Å². The number of nitrogens with zero attached hydrogens (tertiary/aromatic N) is 5. The van der Waals surface area contributed by atoms with Gasteiger partial charge in [-0.1, -0.05) is 150 Å². The van der Waals surface area contributed by atoms with E-state index < -0.39 is 0 Å². The summed E-state index contributed by atoms with van der Waals surface area (Å²) >= 11 is 5.56. The summed E-state index contributed by atoms with van der Waals surface area (Å²) < 4.78 is 0. The van der Waals surface area contributed by atoms with E-state index >= 15 is 0 Å². The molecule has 5 nitrogen and oxygen atoms in total. The number of hydrogen-bond acceptors (Lipinski definition) is 6. The van der Waals surface area contributed by atoms with Gasteiger partial charge in [0, 0.05) is 58.8 Å². The van der Waals surface area contributed by atoms with E-state index in [2.05, 4.69) is 186 Å². The first kappa shape index (κ1) is 44.0. The van der Waals surface area contributed by atoms with Crippen molar-refractivity contribution >= 4 is 29.9 Å². The number of aromatic nitrogens is 1. The van der Waals surface area contributed by atoms with E-state index in [0.29, 0.717) is 11.8 Å². The normalized spacial score (nSPS) is 27.4. The van der Waals surface area contributed by atoms with Crippen LogP contribution in [0.4, 0.5) is 5.82 Å². The Morgan fingerprint density at radius 2 is 1.69 bits per heavy atom. The Labute approximate surface area is 395 Å². The number of allylic oxidation sites excluding steroid dienone is 11. The predicted octanol–water partition coefficient (Wildman–Crippen LogP) is 14.5. The Hall–Kier alpha value is -4.91. The summed E-state index contributed by atoms with van der Waals surface area (Å²) in [6.45, 7) is 15.2. The van der Waals surface area contributed by atoms with Crippen LogP contribution in [0, 0.1) is 11.3 Å². The molecule has 5 atom stereocenters.